The van der Waals surface area contributed by atoms with Crippen LogP contribution in [0.2, 0.25) is 0 Å². The molecule has 2 heterocycles. The molecule has 0 atom stereocenters. The van der Waals surface area contributed by atoms with E-state index in [9.17, 15) is 14.4 Å². The molecule has 4 rings (SSSR count). The molecule has 0 radical (unpaired) electrons. The van der Waals surface area contributed by atoms with E-state index < -0.39 is 17.8 Å². The van der Waals surface area contributed by atoms with Crippen LogP contribution in [0.15, 0.2) is 42.2 Å². The van der Waals surface area contributed by atoms with E-state index in [0.717, 1.165) is 43.4 Å². The van der Waals surface area contributed by atoms with Gasteiger partial charge in [-0.3, -0.25) is 19.8 Å². The maximum atomic E-state index is 12.9. The van der Waals surface area contributed by atoms with Crippen molar-refractivity contribution < 1.29 is 14.4 Å². The third-order valence-electron chi connectivity index (χ3n) is 5.29. The smallest absolute Gasteiger partial charge is 0.273 e. The van der Waals surface area contributed by atoms with E-state index in [-0.39, 0.29) is 11.6 Å². The molecule has 2 fully saturated rings. The zero-order valence-corrected chi connectivity index (χ0v) is 15.7. The number of aromatic nitrogens is 2. The van der Waals surface area contributed by atoms with Gasteiger partial charge in [-0.25, -0.2) is 9.48 Å². The van der Waals surface area contributed by atoms with Crippen LogP contribution in [0.25, 0.3) is 11.8 Å². The highest BCUT2D eigenvalue weighted by Gasteiger charge is 2.40. The molecular weight excluding hydrogens is 356 g/mol. The highest BCUT2D eigenvalue weighted by Crippen LogP contribution is 2.26. The molecule has 2 aliphatic rings. The maximum Gasteiger partial charge on any atom is 0.331 e. The molecule has 1 saturated heterocycles. The molecule has 1 aliphatic heterocycles. The molecule has 1 saturated carbocycles. The van der Waals surface area contributed by atoms with Gasteiger partial charge in [-0.2, -0.15) is 5.10 Å². The van der Waals surface area contributed by atoms with Crippen molar-refractivity contribution in [2.75, 3.05) is 0 Å². The molecule has 28 heavy (non-hydrogen) atoms. The Morgan fingerprint density at radius 3 is 2.50 bits per heavy atom. The second kappa shape index (κ2) is 7.42. The van der Waals surface area contributed by atoms with Crippen LogP contribution in [-0.2, 0) is 9.59 Å². The van der Waals surface area contributed by atoms with E-state index in [2.05, 4.69) is 10.4 Å². The van der Waals surface area contributed by atoms with Crippen molar-refractivity contribution in [2.24, 2.45) is 0 Å². The Morgan fingerprint density at radius 1 is 1.07 bits per heavy atom. The van der Waals surface area contributed by atoms with E-state index in [4.69, 9.17) is 0 Å². The second-order valence-corrected chi connectivity index (χ2v) is 7.34. The van der Waals surface area contributed by atoms with Gasteiger partial charge < -0.3 is 0 Å². The van der Waals surface area contributed by atoms with Crippen LogP contribution >= 0.6 is 0 Å². The molecule has 2 aromatic rings. The van der Waals surface area contributed by atoms with Gasteiger partial charge in [-0.15, -0.1) is 0 Å². The topological polar surface area (TPSA) is 84.3 Å². The number of benzene rings is 1. The average molecular weight is 378 g/mol. The lowest BCUT2D eigenvalue weighted by molar-refractivity contribution is -0.132. The van der Waals surface area contributed by atoms with Crippen molar-refractivity contribution >= 4 is 23.9 Å². The van der Waals surface area contributed by atoms with Gasteiger partial charge in [-0.05, 0) is 38.0 Å². The maximum absolute atomic E-state index is 12.9. The molecule has 7 heteroatoms. The summed E-state index contributed by atoms with van der Waals surface area (Å²) < 4.78 is 1.68. The number of hydrogen-bond donors (Lipinski definition) is 1. The van der Waals surface area contributed by atoms with Crippen LogP contribution in [0.3, 0.4) is 0 Å². The summed E-state index contributed by atoms with van der Waals surface area (Å²) in [5, 5.41) is 6.61. The average Bonchev–Trinajstić information content (AvgIpc) is 3.15. The summed E-state index contributed by atoms with van der Waals surface area (Å²) in [5.41, 5.74) is 2.62. The standard InChI is InChI=1S/C21H22N4O3/c1-14-7-9-16(10-8-14)24-13-15(12-22-24)11-18-19(26)23-21(28)25(20(18)27)17-5-3-2-4-6-17/h7-13,17H,2-6H2,1H3,(H,23,26,28)/b18-11+. The summed E-state index contributed by atoms with van der Waals surface area (Å²) in [4.78, 5) is 38.7. The van der Waals surface area contributed by atoms with Crippen LogP contribution in [0.5, 0.6) is 0 Å². The van der Waals surface area contributed by atoms with Crippen molar-refractivity contribution in [3.63, 3.8) is 0 Å². The molecule has 1 aromatic carbocycles. The van der Waals surface area contributed by atoms with Crippen molar-refractivity contribution in [2.45, 2.75) is 45.1 Å². The summed E-state index contributed by atoms with van der Waals surface area (Å²) in [7, 11) is 0. The van der Waals surface area contributed by atoms with Crippen molar-refractivity contribution in [3.05, 3.63) is 53.4 Å². The number of carbonyl (C=O) groups excluding carboxylic acids is 3. The zero-order valence-electron chi connectivity index (χ0n) is 15.7. The number of hydrogen-bond acceptors (Lipinski definition) is 4. The molecule has 0 unspecified atom stereocenters. The van der Waals surface area contributed by atoms with Gasteiger partial charge in [0.05, 0.1) is 11.9 Å². The number of barbiturate groups is 1. The Bertz CT molecular complexity index is 952. The fraction of sp³-hybridized carbons (Fsp3) is 0.333. The van der Waals surface area contributed by atoms with Gasteiger partial charge in [0.1, 0.15) is 5.57 Å². The van der Waals surface area contributed by atoms with E-state index in [1.54, 1.807) is 17.1 Å². The summed E-state index contributed by atoms with van der Waals surface area (Å²) in [6, 6.07) is 7.10. The van der Waals surface area contributed by atoms with E-state index in [1.165, 1.54) is 11.0 Å². The lowest BCUT2D eigenvalue weighted by Crippen LogP contribution is -2.58. The number of carbonyl (C=O) groups is 3. The number of amides is 4. The van der Waals surface area contributed by atoms with Gasteiger partial charge in [0.15, 0.2) is 0 Å². The molecule has 0 bridgehead atoms. The fourth-order valence-electron chi connectivity index (χ4n) is 3.76. The molecule has 1 aromatic heterocycles. The molecule has 0 spiro atoms. The molecule has 1 aliphatic carbocycles. The van der Waals surface area contributed by atoms with E-state index in [0.29, 0.717) is 5.56 Å². The number of nitrogens with zero attached hydrogens (tertiary/aromatic N) is 3. The zero-order chi connectivity index (χ0) is 19.7. The third kappa shape index (κ3) is 3.47. The summed E-state index contributed by atoms with van der Waals surface area (Å²) >= 11 is 0. The predicted octanol–water partition coefficient (Wildman–Crippen LogP) is 2.98. The van der Waals surface area contributed by atoms with Gasteiger partial charge in [-0.1, -0.05) is 37.0 Å². The Morgan fingerprint density at radius 2 is 1.79 bits per heavy atom. The number of aryl methyl sites for hydroxylation is 1. The van der Waals surface area contributed by atoms with Crippen molar-refractivity contribution in [1.82, 2.24) is 20.0 Å². The Hall–Kier alpha value is -3.22. The number of rotatable bonds is 3. The fourth-order valence-corrected chi connectivity index (χ4v) is 3.76. The first-order valence-corrected chi connectivity index (χ1v) is 9.55. The van der Waals surface area contributed by atoms with Crippen LogP contribution in [0.1, 0.15) is 43.2 Å². The van der Waals surface area contributed by atoms with Crippen LogP contribution in [0.4, 0.5) is 4.79 Å². The first-order chi connectivity index (χ1) is 13.5. The first kappa shape index (κ1) is 18.2. The van der Waals surface area contributed by atoms with Gasteiger partial charge in [0, 0.05) is 17.8 Å². The summed E-state index contributed by atoms with van der Waals surface area (Å²) in [5.74, 6) is -1.19. The van der Waals surface area contributed by atoms with Gasteiger partial charge in [0.2, 0.25) is 0 Å². The van der Waals surface area contributed by atoms with E-state index in [1.807, 2.05) is 31.2 Å². The minimum absolute atomic E-state index is 0.0337. The monoisotopic (exact) mass is 378 g/mol. The van der Waals surface area contributed by atoms with E-state index >= 15 is 0 Å². The van der Waals surface area contributed by atoms with Crippen molar-refractivity contribution in [1.29, 1.82) is 0 Å². The molecular formula is C21H22N4O3. The van der Waals surface area contributed by atoms with Crippen LogP contribution in [0, 0.1) is 6.92 Å². The number of imide groups is 2. The quantitative estimate of drug-likeness (QED) is 0.657. The van der Waals surface area contributed by atoms with Gasteiger partial charge >= 0.3 is 6.03 Å². The Balaban J connectivity index is 1.61. The van der Waals surface area contributed by atoms with Crippen molar-refractivity contribution in [3.8, 4) is 5.69 Å². The SMILES string of the molecule is Cc1ccc(-n2cc(/C=C3\C(=O)NC(=O)N(C4CCCCC4)C3=O)cn2)cc1. The predicted molar refractivity (Wildman–Crippen MR) is 104 cm³/mol. The largest absolute Gasteiger partial charge is 0.331 e. The highest BCUT2D eigenvalue weighted by molar-refractivity contribution is 6.31. The number of urea groups is 1. The summed E-state index contributed by atoms with van der Waals surface area (Å²) in [6.07, 6.45) is 9.49. The Kier molecular flexibility index (Phi) is 4.81. The van der Waals surface area contributed by atoms with Crippen LogP contribution in [-0.4, -0.2) is 38.6 Å². The second-order valence-electron chi connectivity index (χ2n) is 7.34. The molecule has 144 valence electrons. The van der Waals surface area contributed by atoms with Gasteiger partial charge in [0.25, 0.3) is 11.8 Å². The van der Waals surface area contributed by atoms with Crippen LogP contribution < -0.4 is 5.32 Å². The normalized spacial score (nSPS) is 20.0. The third-order valence-corrected chi connectivity index (χ3v) is 5.29. The summed E-state index contributed by atoms with van der Waals surface area (Å²) in [6.45, 7) is 2.01. The molecule has 4 amide bonds. The highest BCUT2D eigenvalue weighted by atomic mass is 16.2. The molecule has 1 N–H and O–H groups in total. The lowest BCUT2D eigenvalue weighted by atomic mass is 9.93. The minimum atomic E-state index is -0.662. The number of nitrogens with one attached hydrogen (secondary N) is 1. The minimum Gasteiger partial charge on any atom is -0.273 e. The Labute approximate surface area is 163 Å². The first-order valence-electron chi connectivity index (χ1n) is 9.55. The molecule has 7 nitrogen and oxygen atoms in total. The lowest BCUT2D eigenvalue weighted by Gasteiger charge is -2.35.